The van der Waals surface area contributed by atoms with E-state index in [9.17, 15) is 9.59 Å². The normalized spacial score (nSPS) is 12.1. The number of likely N-dealkylation sites (N-methyl/N-ethyl adjacent to an activating group) is 1. The van der Waals surface area contributed by atoms with Gasteiger partial charge in [-0.2, -0.15) is 0 Å². The van der Waals surface area contributed by atoms with Gasteiger partial charge in [-0.1, -0.05) is 42.5 Å². The molecular weight excluding hydrogens is 232 g/mol. The molecule has 1 aromatic rings. The molecule has 0 aliphatic rings. The highest BCUT2D eigenvalue weighted by Crippen LogP contribution is 2.05. The summed E-state index contributed by atoms with van der Waals surface area (Å²) < 4.78 is 4.72. The van der Waals surface area contributed by atoms with Gasteiger partial charge in [0.1, 0.15) is 0 Å². The highest BCUT2D eigenvalue weighted by Gasteiger charge is 2.18. The first kappa shape index (κ1) is 13.8. The first-order chi connectivity index (χ1) is 8.63. The van der Waals surface area contributed by atoms with E-state index in [1.54, 1.807) is 6.08 Å². The minimum Gasteiger partial charge on any atom is -0.436 e. The van der Waals surface area contributed by atoms with Gasteiger partial charge in [0.15, 0.2) is 6.10 Å². The van der Waals surface area contributed by atoms with E-state index in [4.69, 9.17) is 10.5 Å². The summed E-state index contributed by atoms with van der Waals surface area (Å²) >= 11 is 0. The average molecular weight is 248 g/mol. The van der Waals surface area contributed by atoms with Gasteiger partial charge in [-0.05, 0) is 5.56 Å². The van der Waals surface area contributed by atoms with Crippen molar-refractivity contribution in [2.45, 2.75) is 12.5 Å². The second-order valence-electron chi connectivity index (χ2n) is 3.59. The molecule has 0 aliphatic heterocycles. The van der Waals surface area contributed by atoms with Crippen LogP contribution in [0.3, 0.4) is 0 Å². The molecular formula is C13H16N2O3. The topological polar surface area (TPSA) is 81.4 Å². The fraction of sp³-hybridized carbons (Fsp3) is 0.231. The van der Waals surface area contributed by atoms with E-state index in [1.165, 1.54) is 7.05 Å². The lowest BCUT2D eigenvalue weighted by Crippen LogP contribution is -2.36. The molecule has 1 atom stereocenters. The number of carbonyl (C=O) groups excluding carboxylic acids is 2. The van der Waals surface area contributed by atoms with Crippen molar-refractivity contribution < 1.29 is 14.3 Å². The summed E-state index contributed by atoms with van der Waals surface area (Å²) in [4.78, 5) is 22.1. The van der Waals surface area contributed by atoms with E-state index in [2.05, 4.69) is 5.32 Å². The Morgan fingerprint density at radius 3 is 2.61 bits per heavy atom. The number of ether oxygens (including phenoxy) is 1. The van der Waals surface area contributed by atoms with Crippen LogP contribution in [0.4, 0.5) is 4.79 Å². The van der Waals surface area contributed by atoms with Crippen LogP contribution in [0.5, 0.6) is 0 Å². The first-order valence-corrected chi connectivity index (χ1v) is 5.52. The second kappa shape index (κ2) is 7.11. The zero-order valence-corrected chi connectivity index (χ0v) is 10.1. The zero-order valence-electron chi connectivity index (χ0n) is 10.1. The number of benzene rings is 1. The number of carbonyl (C=O) groups is 2. The summed E-state index contributed by atoms with van der Waals surface area (Å²) in [6.07, 6.45) is 2.03. The van der Waals surface area contributed by atoms with Crippen molar-refractivity contribution in [3.63, 3.8) is 0 Å². The minimum absolute atomic E-state index is 0.275. The number of nitrogens with one attached hydrogen (secondary N) is 1. The van der Waals surface area contributed by atoms with Crippen LogP contribution in [0, 0.1) is 0 Å². The van der Waals surface area contributed by atoms with Crippen LogP contribution < -0.4 is 11.1 Å². The van der Waals surface area contributed by atoms with E-state index >= 15 is 0 Å². The Balaban J connectivity index is 2.59. The average Bonchev–Trinajstić information content (AvgIpc) is 2.37. The quantitative estimate of drug-likeness (QED) is 0.824. The standard InChI is InChI=1S/C13H16N2O3/c1-15-12(16)11(18-13(14)17)9-5-8-10-6-3-2-4-7-10/h2-8,11H,9H2,1H3,(H2,14,17)(H,15,16)/b8-5+. The third-order valence-electron chi connectivity index (χ3n) is 2.26. The molecule has 96 valence electrons. The van der Waals surface area contributed by atoms with Crippen molar-refractivity contribution in [3.05, 3.63) is 42.0 Å². The molecule has 0 heterocycles. The maximum Gasteiger partial charge on any atom is 0.405 e. The number of hydrogen-bond acceptors (Lipinski definition) is 3. The summed E-state index contributed by atoms with van der Waals surface area (Å²) in [5.41, 5.74) is 5.91. The summed E-state index contributed by atoms with van der Waals surface area (Å²) in [6.45, 7) is 0. The highest BCUT2D eigenvalue weighted by molar-refractivity contribution is 5.83. The van der Waals surface area contributed by atoms with Gasteiger partial charge < -0.3 is 15.8 Å². The molecule has 0 bridgehead atoms. The van der Waals surface area contributed by atoms with E-state index in [0.29, 0.717) is 0 Å². The molecule has 5 nitrogen and oxygen atoms in total. The minimum atomic E-state index is -0.961. The maximum atomic E-state index is 11.4. The SMILES string of the molecule is CNC(=O)C(C/C=C/c1ccccc1)OC(N)=O. The van der Waals surface area contributed by atoms with Gasteiger partial charge in [0, 0.05) is 13.5 Å². The molecule has 5 heteroatoms. The molecule has 18 heavy (non-hydrogen) atoms. The molecule has 0 saturated heterocycles. The van der Waals surface area contributed by atoms with Gasteiger partial charge in [-0.15, -0.1) is 0 Å². The molecule has 1 unspecified atom stereocenters. The molecule has 0 fully saturated rings. The van der Waals surface area contributed by atoms with Crippen molar-refractivity contribution in [3.8, 4) is 0 Å². The summed E-state index contributed by atoms with van der Waals surface area (Å²) in [6, 6.07) is 9.60. The van der Waals surface area contributed by atoms with Crippen molar-refractivity contribution in [1.82, 2.24) is 5.32 Å². The predicted octanol–water partition coefficient (Wildman–Crippen LogP) is 1.30. The lowest BCUT2D eigenvalue weighted by molar-refractivity contribution is -0.128. The molecule has 0 saturated carbocycles. The first-order valence-electron chi connectivity index (χ1n) is 5.52. The lowest BCUT2D eigenvalue weighted by Gasteiger charge is -2.12. The smallest absolute Gasteiger partial charge is 0.405 e. The van der Waals surface area contributed by atoms with Crippen LogP contribution in [-0.4, -0.2) is 25.2 Å². The molecule has 1 aromatic carbocycles. The van der Waals surface area contributed by atoms with Crippen molar-refractivity contribution >= 4 is 18.1 Å². The third-order valence-corrected chi connectivity index (χ3v) is 2.26. The van der Waals surface area contributed by atoms with E-state index in [1.807, 2.05) is 36.4 Å². The summed E-state index contributed by atoms with van der Waals surface area (Å²) in [7, 11) is 1.47. The van der Waals surface area contributed by atoms with Gasteiger partial charge in [0.25, 0.3) is 5.91 Å². The van der Waals surface area contributed by atoms with E-state index in [0.717, 1.165) is 5.56 Å². The molecule has 0 radical (unpaired) electrons. The highest BCUT2D eigenvalue weighted by atomic mass is 16.6. The summed E-state index contributed by atoms with van der Waals surface area (Å²) in [5.74, 6) is -0.383. The van der Waals surface area contributed by atoms with Crippen molar-refractivity contribution in [2.75, 3.05) is 7.05 Å². The van der Waals surface area contributed by atoms with Crippen LogP contribution in [-0.2, 0) is 9.53 Å². The monoisotopic (exact) mass is 248 g/mol. The Morgan fingerprint density at radius 1 is 1.39 bits per heavy atom. The maximum absolute atomic E-state index is 11.4. The Hall–Kier alpha value is -2.30. The van der Waals surface area contributed by atoms with Crippen LogP contribution >= 0.6 is 0 Å². The Morgan fingerprint density at radius 2 is 2.06 bits per heavy atom. The Labute approximate surface area is 106 Å². The number of hydrogen-bond donors (Lipinski definition) is 2. The number of amides is 2. The van der Waals surface area contributed by atoms with Crippen LogP contribution in [0.1, 0.15) is 12.0 Å². The molecule has 0 aliphatic carbocycles. The van der Waals surface area contributed by atoms with Crippen molar-refractivity contribution in [2.24, 2.45) is 5.73 Å². The van der Waals surface area contributed by atoms with Gasteiger partial charge in [-0.25, -0.2) is 4.79 Å². The van der Waals surface area contributed by atoms with Crippen LogP contribution in [0.15, 0.2) is 36.4 Å². The largest absolute Gasteiger partial charge is 0.436 e. The number of rotatable bonds is 5. The molecule has 0 spiro atoms. The van der Waals surface area contributed by atoms with Crippen LogP contribution in [0.25, 0.3) is 6.08 Å². The molecule has 1 rings (SSSR count). The Kier molecular flexibility index (Phi) is 5.44. The number of primary amides is 1. The second-order valence-corrected chi connectivity index (χ2v) is 3.59. The van der Waals surface area contributed by atoms with Crippen molar-refractivity contribution in [1.29, 1.82) is 0 Å². The summed E-state index contributed by atoms with van der Waals surface area (Å²) in [5, 5.41) is 2.41. The van der Waals surface area contributed by atoms with Gasteiger partial charge in [0.2, 0.25) is 0 Å². The number of nitrogens with two attached hydrogens (primary N) is 1. The fourth-order valence-electron chi connectivity index (χ4n) is 1.40. The van der Waals surface area contributed by atoms with E-state index < -0.39 is 12.2 Å². The predicted molar refractivity (Wildman–Crippen MR) is 68.6 cm³/mol. The molecule has 2 amide bonds. The lowest BCUT2D eigenvalue weighted by atomic mass is 10.1. The van der Waals surface area contributed by atoms with Gasteiger partial charge >= 0.3 is 6.09 Å². The van der Waals surface area contributed by atoms with Gasteiger partial charge in [-0.3, -0.25) is 4.79 Å². The molecule has 0 aromatic heterocycles. The third kappa shape index (κ3) is 4.69. The van der Waals surface area contributed by atoms with E-state index in [-0.39, 0.29) is 12.3 Å². The zero-order chi connectivity index (χ0) is 13.4. The fourth-order valence-corrected chi connectivity index (χ4v) is 1.40. The Bertz CT molecular complexity index is 429. The van der Waals surface area contributed by atoms with Gasteiger partial charge in [0.05, 0.1) is 0 Å². The molecule has 3 N–H and O–H groups in total. The van der Waals surface area contributed by atoms with Crippen LogP contribution in [0.2, 0.25) is 0 Å².